The summed E-state index contributed by atoms with van der Waals surface area (Å²) in [7, 11) is 6.07. The molecule has 2 aliphatic rings. The number of hydrogen-bond acceptors (Lipinski definition) is 5. The summed E-state index contributed by atoms with van der Waals surface area (Å²) in [6.45, 7) is 1.21. The number of nitrogens with zero attached hydrogens (tertiary/aromatic N) is 3. The molecule has 170 valence electrons. The van der Waals surface area contributed by atoms with Crippen LogP contribution < -0.4 is 0 Å². The molecule has 0 spiro atoms. The zero-order chi connectivity index (χ0) is 21.8. The molecule has 0 saturated carbocycles. The van der Waals surface area contributed by atoms with Crippen LogP contribution in [0.15, 0.2) is 47.3 Å². The number of aromatic nitrogens is 2. The first-order chi connectivity index (χ1) is 14.9. The summed E-state index contributed by atoms with van der Waals surface area (Å²) in [5.41, 5.74) is 3.90. The molecule has 1 aromatic carbocycles. The Labute approximate surface area is 202 Å². The number of carbonyl (C=O) groups excluding carboxylic acids is 1. The van der Waals surface area contributed by atoms with Crippen LogP contribution in [0.4, 0.5) is 0 Å². The van der Waals surface area contributed by atoms with E-state index in [-0.39, 0.29) is 30.3 Å². The van der Waals surface area contributed by atoms with Crippen molar-refractivity contribution in [1.82, 2.24) is 14.5 Å². The first-order valence-corrected chi connectivity index (χ1v) is 11.3. The molecular weight excluding hydrogens is 494 g/mol. The molecule has 0 radical (unpaired) electrons. The van der Waals surface area contributed by atoms with Crippen molar-refractivity contribution in [3.05, 3.63) is 64.0 Å². The Hall–Kier alpha value is -1.93. The van der Waals surface area contributed by atoms with E-state index in [1.807, 2.05) is 7.11 Å². The number of likely N-dealkylation sites (tertiary alicyclic amines) is 1. The molecule has 3 aromatic rings. The van der Waals surface area contributed by atoms with Crippen molar-refractivity contribution in [2.24, 2.45) is 13.0 Å². The van der Waals surface area contributed by atoms with Crippen LogP contribution in [-0.4, -0.2) is 53.8 Å². The number of piperidine rings is 1. The average molecular weight is 521 g/mol. The number of likely N-dealkylation sites (N-methyl/N-ethyl adjacent to an activating group) is 1. The minimum Gasteiger partial charge on any atom is -0.462 e. The molecule has 8 heteroatoms. The van der Waals surface area contributed by atoms with Crippen molar-refractivity contribution < 1.29 is 14.3 Å². The lowest BCUT2D eigenvalue weighted by atomic mass is 9.69. The fourth-order valence-corrected chi connectivity index (χ4v) is 5.99. The number of halogens is 2. The lowest BCUT2D eigenvalue weighted by Gasteiger charge is -2.53. The van der Waals surface area contributed by atoms with Gasteiger partial charge in [0.25, 0.3) is 0 Å². The highest BCUT2D eigenvalue weighted by Crippen LogP contribution is 2.49. The van der Waals surface area contributed by atoms with Gasteiger partial charge in [0.05, 0.1) is 12.2 Å². The number of ether oxygens (including phenoxy) is 2. The van der Waals surface area contributed by atoms with E-state index in [9.17, 15) is 4.79 Å². The highest BCUT2D eigenvalue weighted by molar-refractivity contribution is 9.10. The predicted molar refractivity (Wildman–Crippen MR) is 129 cm³/mol. The molecule has 5 rings (SSSR count). The zero-order valence-corrected chi connectivity index (χ0v) is 20.8. The number of fused-ring (bicyclic) bond motifs is 2. The van der Waals surface area contributed by atoms with Crippen LogP contribution in [-0.2, 0) is 28.5 Å². The Morgan fingerprint density at radius 3 is 2.88 bits per heavy atom. The van der Waals surface area contributed by atoms with E-state index in [4.69, 9.17) is 9.47 Å². The average Bonchev–Trinajstić information content (AvgIpc) is 3.09. The Balaban J connectivity index is 0.00000245. The van der Waals surface area contributed by atoms with Crippen molar-refractivity contribution in [3.8, 4) is 0 Å². The summed E-state index contributed by atoms with van der Waals surface area (Å²) < 4.78 is 15.0. The summed E-state index contributed by atoms with van der Waals surface area (Å²) in [5, 5.41) is 1.31. The van der Waals surface area contributed by atoms with Gasteiger partial charge in [0.15, 0.2) is 0 Å². The minimum atomic E-state index is -0.421. The van der Waals surface area contributed by atoms with Crippen molar-refractivity contribution in [2.45, 2.75) is 24.5 Å². The normalized spacial score (nSPS) is 24.6. The van der Waals surface area contributed by atoms with Gasteiger partial charge in [-0.15, -0.1) is 12.4 Å². The summed E-state index contributed by atoms with van der Waals surface area (Å²) in [6, 6.07) is 8.47. The topological polar surface area (TPSA) is 56.6 Å². The van der Waals surface area contributed by atoms with E-state index >= 15 is 0 Å². The molecule has 32 heavy (non-hydrogen) atoms. The number of aryl methyl sites for hydroxylation is 1. The monoisotopic (exact) mass is 519 g/mol. The van der Waals surface area contributed by atoms with Crippen LogP contribution >= 0.6 is 28.3 Å². The van der Waals surface area contributed by atoms with Crippen LogP contribution in [0.3, 0.4) is 0 Å². The summed E-state index contributed by atoms with van der Waals surface area (Å²) >= 11 is 3.35. The minimum absolute atomic E-state index is 0. The van der Waals surface area contributed by atoms with Crippen molar-refractivity contribution in [3.63, 3.8) is 0 Å². The smallest absolute Gasteiger partial charge is 0.339 e. The second-order valence-corrected chi connectivity index (χ2v) is 9.69. The number of pyridine rings is 1. The Morgan fingerprint density at radius 2 is 2.12 bits per heavy atom. The second-order valence-electron chi connectivity index (χ2n) is 8.78. The SMILES string of the molecule is CO[C@]12C[C@@H](COC(=O)c3cncc(Br)c3)CN(C)[C@@H]1Cc1cn(C)c3cccc2c13.Cl. The largest absolute Gasteiger partial charge is 0.462 e. The van der Waals surface area contributed by atoms with Gasteiger partial charge >= 0.3 is 5.97 Å². The number of carbonyl (C=O) groups is 1. The fourth-order valence-electron chi connectivity index (χ4n) is 5.63. The van der Waals surface area contributed by atoms with Crippen LogP contribution in [0.1, 0.15) is 27.9 Å². The maximum Gasteiger partial charge on any atom is 0.339 e. The Kier molecular flexibility index (Phi) is 6.38. The maximum absolute atomic E-state index is 12.5. The van der Waals surface area contributed by atoms with Crippen molar-refractivity contribution in [1.29, 1.82) is 0 Å². The number of esters is 1. The number of rotatable bonds is 4. The molecule has 0 N–H and O–H groups in total. The second kappa shape index (κ2) is 8.78. The number of methoxy groups -OCH3 is 1. The number of benzene rings is 1. The van der Waals surface area contributed by atoms with Crippen molar-refractivity contribution in [2.75, 3.05) is 27.3 Å². The third-order valence-corrected chi connectivity index (χ3v) is 7.36. The van der Waals surface area contributed by atoms with Gasteiger partial charge in [-0.2, -0.15) is 0 Å². The van der Waals surface area contributed by atoms with E-state index in [0.29, 0.717) is 12.2 Å². The van der Waals surface area contributed by atoms with Gasteiger partial charge in [-0.1, -0.05) is 12.1 Å². The maximum atomic E-state index is 12.5. The molecule has 1 aliphatic carbocycles. The highest BCUT2D eigenvalue weighted by atomic mass is 79.9. The van der Waals surface area contributed by atoms with Crippen LogP contribution in [0.5, 0.6) is 0 Å². The molecule has 3 atom stereocenters. The standard InChI is InChI=1S/C24H26BrN3O3.ClH/c1-27-13-17-8-21-24(30-3,19-5-4-6-20(27)22(17)19)9-15(12-28(21)2)14-31-23(29)16-7-18(25)11-26-10-16;/h4-7,10-11,13,15,21H,8-9,12,14H2,1-3H3;1H/t15-,21-,24+;/m1./s1. The van der Waals surface area contributed by atoms with Gasteiger partial charge in [0, 0.05) is 66.6 Å². The van der Waals surface area contributed by atoms with Gasteiger partial charge in [-0.05, 0) is 59.1 Å². The molecule has 0 bridgehead atoms. The predicted octanol–water partition coefficient (Wildman–Crippen LogP) is 4.33. The molecule has 1 saturated heterocycles. The van der Waals surface area contributed by atoms with E-state index in [1.54, 1.807) is 12.3 Å². The van der Waals surface area contributed by atoms with Crippen molar-refractivity contribution >= 4 is 45.2 Å². The molecule has 0 unspecified atom stereocenters. The van der Waals surface area contributed by atoms with Crippen LogP contribution in [0.2, 0.25) is 0 Å². The first-order valence-electron chi connectivity index (χ1n) is 10.5. The van der Waals surface area contributed by atoms with Crippen LogP contribution in [0.25, 0.3) is 10.9 Å². The van der Waals surface area contributed by atoms with E-state index in [0.717, 1.165) is 23.9 Å². The van der Waals surface area contributed by atoms with Gasteiger partial charge in [-0.3, -0.25) is 9.88 Å². The molecule has 2 aromatic heterocycles. The molecule has 3 heterocycles. The zero-order valence-electron chi connectivity index (χ0n) is 18.4. The Morgan fingerprint density at radius 1 is 1.31 bits per heavy atom. The van der Waals surface area contributed by atoms with E-state index in [1.165, 1.54) is 28.2 Å². The molecule has 0 amide bonds. The molecule has 1 aliphatic heterocycles. The lowest BCUT2D eigenvalue weighted by Crippen LogP contribution is -2.59. The van der Waals surface area contributed by atoms with Gasteiger partial charge < -0.3 is 14.0 Å². The molecular formula is C24H27BrClN3O3. The third-order valence-electron chi connectivity index (χ3n) is 6.93. The van der Waals surface area contributed by atoms with Gasteiger partial charge in [0.1, 0.15) is 5.60 Å². The van der Waals surface area contributed by atoms with E-state index < -0.39 is 5.60 Å². The van der Waals surface area contributed by atoms with E-state index in [2.05, 4.69) is 68.9 Å². The Bertz CT molecular complexity index is 1170. The first kappa shape index (κ1) is 23.2. The summed E-state index contributed by atoms with van der Waals surface area (Å²) in [5.74, 6) is -0.174. The lowest BCUT2D eigenvalue weighted by molar-refractivity contribution is -0.131. The van der Waals surface area contributed by atoms with Crippen LogP contribution in [0, 0.1) is 5.92 Å². The van der Waals surface area contributed by atoms with Gasteiger partial charge in [0.2, 0.25) is 0 Å². The summed E-state index contributed by atoms with van der Waals surface area (Å²) in [6.07, 6.45) is 7.20. The highest BCUT2D eigenvalue weighted by Gasteiger charge is 2.51. The molecule has 1 fully saturated rings. The number of hydrogen-bond donors (Lipinski definition) is 0. The fraction of sp³-hybridized carbons (Fsp3) is 0.417. The third kappa shape index (κ3) is 3.65. The summed E-state index contributed by atoms with van der Waals surface area (Å²) in [4.78, 5) is 19.0. The quantitative estimate of drug-likeness (QED) is 0.479. The molecule has 6 nitrogen and oxygen atoms in total. The van der Waals surface area contributed by atoms with Gasteiger partial charge in [-0.25, -0.2) is 4.79 Å².